The van der Waals surface area contributed by atoms with Crippen molar-refractivity contribution < 1.29 is 23.9 Å². The van der Waals surface area contributed by atoms with Gasteiger partial charge in [-0.2, -0.15) is 0 Å². The summed E-state index contributed by atoms with van der Waals surface area (Å²) >= 11 is 1.37. The number of hydrogen-bond donors (Lipinski definition) is 2. The van der Waals surface area contributed by atoms with Crippen molar-refractivity contribution in [3.8, 4) is 0 Å². The van der Waals surface area contributed by atoms with Crippen LogP contribution in [0.5, 0.6) is 0 Å². The predicted molar refractivity (Wildman–Crippen MR) is 129 cm³/mol. The number of ether oxygens (including phenoxy) is 1. The maximum absolute atomic E-state index is 13.3. The molecule has 0 bridgehead atoms. The Hall–Kier alpha value is -3.20. The third kappa shape index (κ3) is 4.20. The number of fused-ring (bicyclic) bond motifs is 1. The molecule has 1 saturated heterocycles. The molecule has 1 aliphatic carbocycles. The van der Waals surface area contributed by atoms with Crippen LogP contribution in [0.1, 0.15) is 60.0 Å². The van der Waals surface area contributed by atoms with Crippen molar-refractivity contribution in [2.24, 2.45) is 5.92 Å². The lowest BCUT2D eigenvalue weighted by atomic mass is 9.87. The van der Waals surface area contributed by atoms with Gasteiger partial charge in [-0.15, -0.1) is 11.3 Å². The second kappa shape index (κ2) is 9.58. The number of anilines is 1. The molecular formula is C25H29N3O5S. The first-order chi connectivity index (χ1) is 16.3. The van der Waals surface area contributed by atoms with E-state index >= 15 is 0 Å². The van der Waals surface area contributed by atoms with E-state index in [0.29, 0.717) is 28.5 Å². The molecule has 34 heavy (non-hydrogen) atoms. The number of benzene rings is 1. The van der Waals surface area contributed by atoms with Gasteiger partial charge in [-0.3, -0.25) is 14.5 Å². The predicted octanol–water partition coefficient (Wildman–Crippen LogP) is 3.85. The molecule has 1 aromatic carbocycles. The van der Waals surface area contributed by atoms with Crippen molar-refractivity contribution >= 4 is 40.2 Å². The Labute approximate surface area is 202 Å². The maximum atomic E-state index is 13.3. The summed E-state index contributed by atoms with van der Waals surface area (Å²) < 4.78 is 5.25. The second-order valence-corrected chi connectivity index (χ2v) is 9.88. The summed E-state index contributed by atoms with van der Waals surface area (Å²) in [5.41, 5.74) is 0.795. The average molecular weight is 484 g/mol. The van der Waals surface area contributed by atoms with Crippen LogP contribution >= 0.6 is 11.3 Å². The van der Waals surface area contributed by atoms with Crippen molar-refractivity contribution in [3.05, 3.63) is 51.9 Å². The summed E-state index contributed by atoms with van der Waals surface area (Å²) in [6.07, 6.45) is 2.90. The normalized spacial score (nSPS) is 21.7. The highest BCUT2D eigenvalue weighted by atomic mass is 32.1. The van der Waals surface area contributed by atoms with Crippen LogP contribution in [-0.4, -0.2) is 41.9 Å². The van der Waals surface area contributed by atoms with Gasteiger partial charge in [-0.1, -0.05) is 44.2 Å². The average Bonchev–Trinajstić information content (AvgIpc) is 3.29. The highest BCUT2D eigenvalue weighted by Gasteiger charge is 2.51. The van der Waals surface area contributed by atoms with Crippen LogP contribution in [0.2, 0.25) is 0 Å². The Balaban J connectivity index is 1.56. The van der Waals surface area contributed by atoms with E-state index in [-0.39, 0.29) is 6.61 Å². The van der Waals surface area contributed by atoms with Crippen molar-refractivity contribution in [2.75, 3.05) is 18.5 Å². The standard InChI is InChI=1S/C25H29N3O5S/c1-4-25(16-9-7-6-8-10-16)23(31)28(24(32)27-25)14-19(29)26-21-20(22(30)33-5-2)17-12-11-15(3)13-18(17)34-21/h6-10,15H,4-5,11-14H2,1-3H3,(H,26,29)(H,27,32)/t15-,25-/m1/s1. The van der Waals surface area contributed by atoms with Gasteiger partial charge < -0.3 is 15.4 Å². The minimum absolute atomic E-state index is 0.230. The number of nitrogens with zero attached hydrogens (tertiary/aromatic N) is 1. The molecule has 1 aromatic heterocycles. The van der Waals surface area contributed by atoms with Crippen molar-refractivity contribution in [2.45, 2.75) is 52.0 Å². The number of hydrogen-bond acceptors (Lipinski definition) is 6. The summed E-state index contributed by atoms with van der Waals surface area (Å²) in [6.45, 7) is 5.50. The molecule has 2 N–H and O–H groups in total. The monoisotopic (exact) mass is 483 g/mol. The van der Waals surface area contributed by atoms with Crippen molar-refractivity contribution in [1.29, 1.82) is 0 Å². The second-order valence-electron chi connectivity index (χ2n) is 8.77. The lowest BCUT2D eigenvalue weighted by molar-refractivity contribution is -0.134. The summed E-state index contributed by atoms with van der Waals surface area (Å²) in [7, 11) is 0. The molecule has 4 rings (SSSR count). The fourth-order valence-corrected chi connectivity index (χ4v) is 6.11. The van der Waals surface area contributed by atoms with Crippen LogP contribution in [0, 0.1) is 5.92 Å². The molecule has 8 nitrogen and oxygen atoms in total. The third-order valence-corrected chi connectivity index (χ3v) is 7.69. The fourth-order valence-electron chi connectivity index (χ4n) is 4.70. The lowest BCUT2D eigenvalue weighted by Gasteiger charge is -2.25. The summed E-state index contributed by atoms with van der Waals surface area (Å²) in [5, 5.41) is 5.98. The topological polar surface area (TPSA) is 105 Å². The van der Waals surface area contributed by atoms with E-state index in [9.17, 15) is 19.2 Å². The zero-order chi connectivity index (χ0) is 24.5. The number of carbonyl (C=O) groups is 4. The van der Waals surface area contributed by atoms with E-state index in [1.807, 2.05) is 13.0 Å². The van der Waals surface area contributed by atoms with Crippen LogP contribution in [0.15, 0.2) is 30.3 Å². The molecular weight excluding hydrogens is 454 g/mol. The first-order valence-electron chi connectivity index (χ1n) is 11.6. The minimum Gasteiger partial charge on any atom is -0.462 e. The molecule has 2 heterocycles. The molecule has 0 spiro atoms. The quantitative estimate of drug-likeness (QED) is 0.460. The van der Waals surface area contributed by atoms with Gasteiger partial charge in [0, 0.05) is 4.88 Å². The lowest BCUT2D eigenvalue weighted by Crippen LogP contribution is -2.44. The van der Waals surface area contributed by atoms with E-state index in [0.717, 1.165) is 34.6 Å². The molecule has 0 radical (unpaired) electrons. The van der Waals surface area contributed by atoms with Gasteiger partial charge in [-0.05, 0) is 49.7 Å². The molecule has 0 unspecified atom stereocenters. The zero-order valence-electron chi connectivity index (χ0n) is 19.6. The number of esters is 1. The number of carbonyl (C=O) groups excluding carboxylic acids is 4. The van der Waals surface area contributed by atoms with Gasteiger partial charge in [0.25, 0.3) is 5.91 Å². The van der Waals surface area contributed by atoms with Crippen LogP contribution < -0.4 is 10.6 Å². The summed E-state index contributed by atoms with van der Waals surface area (Å²) in [6, 6.07) is 8.40. The van der Waals surface area contributed by atoms with Crippen LogP contribution in [-0.2, 0) is 32.7 Å². The molecule has 9 heteroatoms. The maximum Gasteiger partial charge on any atom is 0.341 e. The van der Waals surface area contributed by atoms with Crippen molar-refractivity contribution in [3.63, 3.8) is 0 Å². The molecule has 4 amide bonds. The number of rotatable bonds is 7. The van der Waals surface area contributed by atoms with E-state index in [4.69, 9.17) is 4.74 Å². The number of nitrogens with one attached hydrogen (secondary N) is 2. The van der Waals surface area contributed by atoms with Crippen molar-refractivity contribution in [1.82, 2.24) is 10.2 Å². The Morgan fingerprint density at radius 3 is 2.65 bits per heavy atom. The largest absolute Gasteiger partial charge is 0.462 e. The highest BCUT2D eigenvalue weighted by Crippen LogP contribution is 2.40. The minimum atomic E-state index is -1.20. The number of thiophene rings is 1. The molecule has 1 aliphatic heterocycles. The molecule has 2 aromatic rings. The first kappa shape index (κ1) is 23.9. The Bertz CT molecular complexity index is 1130. The summed E-state index contributed by atoms with van der Waals surface area (Å²) in [4.78, 5) is 53.7. The molecule has 2 aliphatic rings. The van der Waals surface area contributed by atoms with Gasteiger partial charge in [-0.25, -0.2) is 9.59 Å². The Morgan fingerprint density at radius 1 is 1.24 bits per heavy atom. The Morgan fingerprint density at radius 2 is 1.97 bits per heavy atom. The molecule has 0 saturated carbocycles. The fraction of sp³-hybridized carbons (Fsp3) is 0.440. The summed E-state index contributed by atoms with van der Waals surface area (Å²) in [5.74, 6) is -0.975. The van der Waals surface area contributed by atoms with E-state index in [2.05, 4.69) is 17.6 Å². The van der Waals surface area contributed by atoms with Gasteiger partial charge in [0.05, 0.1) is 12.2 Å². The van der Waals surface area contributed by atoms with Gasteiger partial charge in [0.1, 0.15) is 17.1 Å². The van der Waals surface area contributed by atoms with E-state index < -0.39 is 35.9 Å². The van der Waals surface area contributed by atoms with Gasteiger partial charge in [0.15, 0.2) is 0 Å². The van der Waals surface area contributed by atoms with Crippen LogP contribution in [0.3, 0.4) is 0 Å². The van der Waals surface area contributed by atoms with Crippen LogP contribution in [0.25, 0.3) is 0 Å². The molecule has 180 valence electrons. The Kier molecular flexibility index (Phi) is 6.74. The smallest absolute Gasteiger partial charge is 0.341 e. The highest BCUT2D eigenvalue weighted by molar-refractivity contribution is 7.17. The number of imide groups is 1. The van der Waals surface area contributed by atoms with Gasteiger partial charge in [0.2, 0.25) is 5.91 Å². The zero-order valence-corrected chi connectivity index (χ0v) is 20.4. The number of amides is 4. The SMILES string of the molecule is CCOC(=O)c1c(NC(=O)CN2C(=O)N[C@](CC)(c3ccccc3)C2=O)sc2c1CC[C@@H](C)C2. The third-order valence-electron chi connectivity index (χ3n) is 6.52. The molecule has 2 atom stereocenters. The van der Waals surface area contributed by atoms with Gasteiger partial charge >= 0.3 is 12.0 Å². The first-order valence-corrected chi connectivity index (χ1v) is 12.4. The van der Waals surface area contributed by atoms with Crippen LogP contribution in [0.4, 0.5) is 9.80 Å². The van der Waals surface area contributed by atoms with E-state index in [1.54, 1.807) is 31.2 Å². The van der Waals surface area contributed by atoms with E-state index in [1.165, 1.54) is 11.3 Å². The molecule has 1 fully saturated rings. The number of urea groups is 1.